The van der Waals surface area contributed by atoms with Crippen LogP contribution in [0.3, 0.4) is 0 Å². The molecule has 0 atom stereocenters. The Balaban J connectivity index is 2.50. The number of nitrogens with one attached hydrogen (secondary N) is 1. The monoisotopic (exact) mass is 245 g/mol. The molecule has 1 N–H and O–H groups in total. The van der Waals surface area contributed by atoms with Crippen molar-refractivity contribution in [2.45, 2.75) is 13.8 Å². The number of benzene rings is 1. The number of non-ortho nitro benzene ring substituents is 1. The molecule has 0 spiro atoms. The first-order chi connectivity index (χ1) is 8.59. The first-order valence-corrected chi connectivity index (χ1v) is 5.84. The summed E-state index contributed by atoms with van der Waals surface area (Å²) in [6.45, 7) is 5.04. The van der Waals surface area contributed by atoms with Gasteiger partial charge in [0.1, 0.15) is 0 Å². The number of rotatable bonds is 4. The smallest absolute Gasteiger partial charge is 0.277 e. The number of anilines is 1. The summed E-state index contributed by atoms with van der Waals surface area (Å²) in [4.78, 5) is 14.6. The van der Waals surface area contributed by atoms with Gasteiger partial charge in [0.2, 0.25) is 0 Å². The highest BCUT2D eigenvalue weighted by Gasteiger charge is 2.13. The lowest BCUT2D eigenvalue weighted by atomic mass is 10.1. The highest BCUT2D eigenvalue weighted by atomic mass is 16.6. The van der Waals surface area contributed by atoms with Gasteiger partial charge in [-0.1, -0.05) is 13.8 Å². The number of hydrogen-bond donors (Lipinski definition) is 1. The van der Waals surface area contributed by atoms with E-state index in [1.165, 1.54) is 6.07 Å². The van der Waals surface area contributed by atoms with E-state index in [9.17, 15) is 10.1 Å². The van der Waals surface area contributed by atoms with Crippen molar-refractivity contribution >= 4 is 22.1 Å². The van der Waals surface area contributed by atoms with Crippen molar-refractivity contribution in [3.8, 4) is 0 Å². The lowest BCUT2D eigenvalue weighted by Crippen LogP contribution is -2.08. The van der Waals surface area contributed by atoms with E-state index in [2.05, 4.69) is 24.1 Å². The van der Waals surface area contributed by atoms with Gasteiger partial charge in [-0.3, -0.25) is 15.1 Å². The van der Waals surface area contributed by atoms with Crippen molar-refractivity contribution in [3.05, 3.63) is 40.7 Å². The Bertz CT molecular complexity index is 581. The average molecular weight is 245 g/mol. The van der Waals surface area contributed by atoms with Crippen molar-refractivity contribution in [2.75, 3.05) is 11.9 Å². The van der Waals surface area contributed by atoms with Gasteiger partial charge >= 0.3 is 0 Å². The highest BCUT2D eigenvalue weighted by molar-refractivity contribution is 5.99. The molecule has 0 amide bonds. The van der Waals surface area contributed by atoms with Crippen LogP contribution in [0, 0.1) is 16.0 Å². The SMILES string of the molecule is CC(C)CNc1ccc([N+](=O)[O-])c2ccncc12. The van der Waals surface area contributed by atoms with E-state index < -0.39 is 0 Å². The van der Waals surface area contributed by atoms with Gasteiger partial charge < -0.3 is 5.32 Å². The standard InChI is InChI=1S/C13H15N3O2/c1-9(2)7-15-12-3-4-13(16(17)18)10-5-6-14-8-11(10)12/h3-6,8-9,15H,7H2,1-2H3. The molecule has 0 fully saturated rings. The molecule has 1 heterocycles. The summed E-state index contributed by atoms with van der Waals surface area (Å²) in [6, 6.07) is 4.95. The van der Waals surface area contributed by atoms with Crippen LogP contribution in [0.1, 0.15) is 13.8 Å². The van der Waals surface area contributed by atoms with Gasteiger partial charge in [0.05, 0.1) is 10.3 Å². The van der Waals surface area contributed by atoms with Crippen molar-refractivity contribution < 1.29 is 4.92 Å². The van der Waals surface area contributed by atoms with Crippen LogP contribution < -0.4 is 5.32 Å². The third-order valence-corrected chi connectivity index (χ3v) is 2.69. The molecule has 94 valence electrons. The van der Waals surface area contributed by atoms with Gasteiger partial charge in [-0.25, -0.2) is 0 Å². The number of nitro groups is 1. The lowest BCUT2D eigenvalue weighted by molar-refractivity contribution is -0.383. The van der Waals surface area contributed by atoms with E-state index in [-0.39, 0.29) is 10.6 Å². The van der Waals surface area contributed by atoms with Gasteiger partial charge in [0.25, 0.3) is 5.69 Å². The largest absolute Gasteiger partial charge is 0.384 e. The third-order valence-electron chi connectivity index (χ3n) is 2.69. The summed E-state index contributed by atoms with van der Waals surface area (Å²) in [7, 11) is 0. The predicted octanol–water partition coefficient (Wildman–Crippen LogP) is 3.21. The zero-order chi connectivity index (χ0) is 13.1. The molecule has 1 aromatic heterocycles. The molecule has 1 aromatic carbocycles. The molecular weight excluding hydrogens is 230 g/mol. The van der Waals surface area contributed by atoms with E-state index in [0.717, 1.165) is 17.6 Å². The van der Waals surface area contributed by atoms with Crippen molar-refractivity contribution in [1.29, 1.82) is 0 Å². The van der Waals surface area contributed by atoms with Gasteiger partial charge in [-0.15, -0.1) is 0 Å². The maximum atomic E-state index is 11.0. The average Bonchev–Trinajstić information content (AvgIpc) is 2.35. The van der Waals surface area contributed by atoms with E-state index >= 15 is 0 Å². The van der Waals surface area contributed by atoms with E-state index in [4.69, 9.17) is 0 Å². The van der Waals surface area contributed by atoms with Gasteiger partial charge in [-0.2, -0.15) is 0 Å². The molecule has 0 saturated heterocycles. The fourth-order valence-corrected chi connectivity index (χ4v) is 1.80. The van der Waals surface area contributed by atoms with Gasteiger partial charge in [-0.05, 0) is 18.1 Å². The second-order valence-electron chi connectivity index (χ2n) is 4.59. The van der Waals surface area contributed by atoms with Gasteiger partial charge in [0.15, 0.2) is 0 Å². The van der Waals surface area contributed by atoms with Crippen LogP contribution >= 0.6 is 0 Å². The first kappa shape index (κ1) is 12.3. The topological polar surface area (TPSA) is 68.1 Å². The maximum absolute atomic E-state index is 11.0. The Morgan fingerprint density at radius 3 is 2.78 bits per heavy atom. The van der Waals surface area contributed by atoms with Crippen LogP contribution in [0.15, 0.2) is 30.6 Å². The minimum absolute atomic E-state index is 0.113. The normalized spacial score (nSPS) is 10.8. The number of pyridine rings is 1. The molecule has 18 heavy (non-hydrogen) atoms. The molecule has 0 aliphatic rings. The molecule has 0 aliphatic heterocycles. The summed E-state index contributed by atoms with van der Waals surface area (Å²) in [5.41, 5.74) is 1.000. The molecular formula is C13H15N3O2. The van der Waals surface area contributed by atoms with E-state index in [1.54, 1.807) is 24.5 Å². The Kier molecular flexibility index (Phi) is 3.41. The summed E-state index contributed by atoms with van der Waals surface area (Å²) in [6.07, 6.45) is 3.23. The summed E-state index contributed by atoms with van der Waals surface area (Å²) >= 11 is 0. The van der Waals surface area contributed by atoms with Gasteiger partial charge in [0, 0.05) is 36.1 Å². The number of aromatic nitrogens is 1. The molecule has 5 nitrogen and oxygen atoms in total. The molecule has 2 rings (SSSR count). The number of fused-ring (bicyclic) bond motifs is 1. The zero-order valence-corrected chi connectivity index (χ0v) is 10.4. The number of nitrogens with zero attached hydrogens (tertiary/aromatic N) is 2. The molecule has 0 saturated carbocycles. The Hall–Kier alpha value is -2.17. The summed E-state index contributed by atoms with van der Waals surface area (Å²) in [5.74, 6) is 0.506. The minimum Gasteiger partial charge on any atom is -0.384 e. The first-order valence-electron chi connectivity index (χ1n) is 5.84. The minimum atomic E-state index is -0.367. The number of nitro benzene ring substituents is 1. The van der Waals surface area contributed by atoms with Crippen LogP contribution in [0.2, 0.25) is 0 Å². The van der Waals surface area contributed by atoms with E-state index in [0.29, 0.717) is 11.3 Å². The second-order valence-corrected chi connectivity index (χ2v) is 4.59. The molecule has 0 aliphatic carbocycles. The Morgan fingerprint density at radius 1 is 1.33 bits per heavy atom. The van der Waals surface area contributed by atoms with Crippen molar-refractivity contribution in [3.63, 3.8) is 0 Å². The van der Waals surface area contributed by atoms with Crippen LogP contribution in [0.25, 0.3) is 10.8 Å². The second kappa shape index (κ2) is 5.00. The summed E-state index contributed by atoms with van der Waals surface area (Å²) in [5, 5.41) is 15.6. The lowest BCUT2D eigenvalue weighted by Gasteiger charge is -2.11. The molecule has 0 radical (unpaired) electrons. The third kappa shape index (κ3) is 2.40. The molecule has 0 bridgehead atoms. The fourth-order valence-electron chi connectivity index (χ4n) is 1.80. The van der Waals surface area contributed by atoms with Crippen molar-refractivity contribution in [2.24, 2.45) is 5.92 Å². The predicted molar refractivity (Wildman–Crippen MR) is 71.7 cm³/mol. The van der Waals surface area contributed by atoms with Crippen LogP contribution in [-0.2, 0) is 0 Å². The zero-order valence-electron chi connectivity index (χ0n) is 10.4. The van der Waals surface area contributed by atoms with Crippen molar-refractivity contribution in [1.82, 2.24) is 4.98 Å². The molecule has 5 heteroatoms. The fraction of sp³-hybridized carbons (Fsp3) is 0.308. The Labute approximate surface area is 105 Å². The van der Waals surface area contributed by atoms with Crippen LogP contribution in [0.4, 0.5) is 11.4 Å². The Morgan fingerprint density at radius 2 is 2.11 bits per heavy atom. The van der Waals surface area contributed by atoms with E-state index in [1.807, 2.05) is 0 Å². The molecule has 0 unspecified atom stereocenters. The van der Waals surface area contributed by atoms with Crippen LogP contribution in [-0.4, -0.2) is 16.5 Å². The van der Waals surface area contributed by atoms with Crippen LogP contribution in [0.5, 0.6) is 0 Å². The summed E-state index contributed by atoms with van der Waals surface area (Å²) < 4.78 is 0. The molecule has 2 aromatic rings. The number of hydrogen-bond acceptors (Lipinski definition) is 4. The quantitative estimate of drug-likeness (QED) is 0.663. The highest BCUT2D eigenvalue weighted by Crippen LogP contribution is 2.30. The maximum Gasteiger partial charge on any atom is 0.277 e.